The third-order valence-electron chi connectivity index (χ3n) is 3.82. The van der Waals surface area contributed by atoms with Gasteiger partial charge in [-0.3, -0.25) is 0 Å². The minimum atomic E-state index is -3.71. The summed E-state index contributed by atoms with van der Waals surface area (Å²) in [7, 11) is -2.39. The average molecular weight is 373 g/mol. The summed E-state index contributed by atoms with van der Waals surface area (Å²) in [6, 6.07) is 10.9. The lowest BCUT2D eigenvalue weighted by molar-refractivity contribution is 0.0692. The fourth-order valence-corrected chi connectivity index (χ4v) is 4.04. The summed E-state index contributed by atoms with van der Waals surface area (Å²) < 4.78 is 35.4. The van der Waals surface area contributed by atoms with Crippen molar-refractivity contribution >= 4 is 15.8 Å². The maximum absolute atomic E-state index is 12.6. The molecular weight excluding hydrogens is 358 g/mol. The van der Waals surface area contributed by atoms with Crippen LogP contribution < -0.4 is 4.74 Å². The van der Waals surface area contributed by atoms with Crippen LogP contribution in [0.15, 0.2) is 64.4 Å². The van der Waals surface area contributed by atoms with Gasteiger partial charge in [0.15, 0.2) is 16.2 Å². The summed E-state index contributed by atoms with van der Waals surface area (Å²) in [5.41, 5.74) is 0.708. The molecule has 0 spiro atoms. The molecule has 0 amide bonds. The van der Waals surface area contributed by atoms with Crippen molar-refractivity contribution in [3.05, 3.63) is 66.2 Å². The zero-order chi connectivity index (χ0) is 18.7. The number of hydrogen-bond donors (Lipinski definition) is 1. The van der Waals surface area contributed by atoms with Crippen molar-refractivity contribution in [3.63, 3.8) is 0 Å². The molecule has 3 aromatic rings. The first-order valence-electron chi connectivity index (χ1n) is 7.53. The lowest BCUT2D eigenvalue weighted by Crippen LogP contribution is -2.12. The number of aromatic carboxylic acids is 1. The van der Waals surface area contributed by atoms with Crippen LogP contribution in [0, 0.1) is 0 Å². The normalized spacial score (nSPS) is 11.3. The predicted molar refractivity (Wildman–Crippen MR) is 92.8 cm³/mol. The number of benzene rings is 2. The van der Waals surface area contributed by atoms with Crippen LogP contribution in [-0.4, -0.2) is 31.6 Å². The first-order chi connectivity index (χ1) is 12.4. The van der Waals surface area contributed by atoms with Crippen LogP contribution >= 0.6 is 0 Å². The number of oxazole rings is 1. The van der Waals surface area contributed by atoms with Gasteiger partial charge in [-0.15, -0.1) is 0 Å². The third kappa shape index (κ3) is 3.31. The van der Waals surface area contributed by atoms with Gasteiger partial charge in [-0.05, 0) is 23.8 Å². The number of nitrogens with zero attached hydrogens (tertiary/aromatic N) is 1. The number of hydrogen-bond acceptors (Lipinski definition) is 6. The van der Waals surface area contributed by atoms with E-state index in [-0.39, 0.29) is 21.8 Å². The highest BCUT2D eigenvalue weighted by molar-refractivity contribution is 7.90. The van der Waals surface area contributed by atoms with Crippen molar-refractivity contribution in [2.24, 2.45) is 0 Å². The van der Waals surface area contributed by atoms with Crippen molar-refractivity contribution in [3.8, 4) is 17.0 Å². The van der Waals surface area contributed by atoms with E-state index in [1.807, 2.05) is 0 Å². The van der Waals surface area contributed by atoms with E-state index >= 15 is 0 Å². The zero-order valence-corrected chi connectivity index (χ0v) is 14.6. The molecule has 1 aromatic heterocycles. The Morgan fingerprint density at radius 2 is 1.92 bits per heavy atom. The molecule has 0 aliphatic heterocycles. The van der Waals surface area contributed by atoms with E-state index in [4.69, 9.17) is 9.15 Å². The fourth-order valence-electron chi connectivity index (χ4n) is 2.65. The summed E-state index contributed by atoms with van der Waals surface area (Å²) >= 11 is 0. The van der Waals surface area contributed by atoms with Crippen LogP contribution in [0.5, 0.6) is 5.75 Å². The Balaban J connectivity index is 2.12. The van der Waals surface area contributed by atoms with E-state index in [9.17, 15) is 18.3 Å². The highest BCUT2D eigenvalue weighted by atomic mass is 32.2. The maximum Gasteiger partial charge on any atom is 0.339 e. The monoisotopic (exact) mass is 373 g/mol. The number of carboxylic acids is 1. The fraction of sp³-hybridized carbons (Fsp3) is 0.111. The summed E-state index contributed by atoms with van der Waals surface area (Å²) in [6.45, 7) is 0. The van der Waals surface area contributed by atoms with Crippen LogP contribution in [0.4, 0.5) is 0 Å². The number of methoxy groups -OCH3 is 1. The Morgan fingerprint density at radius 1 is 1.19 bits per heavy atom. The van der Waals surface area contributed by atoms with Gasteiger partial charge in [0.1, 0.15) is 23.3 Å². The smallest absolute Gasteiger partial charge is 0.339 e. The summed E-state index contributed by atoms with van der Waals surface area (Å²) in [6.07, 6.45) is 2.56. The van der Waals surface area contributed by atoms with E-state index < -0.39 is 21.6 Å². The van der Waals surface area contributed by atoms with Gasteiger partial charge in [0.05, 0.1) is 17.8 Å². The molecule has 0 fully saturated rings. The Bertz CT molecular complexity index is 1030. The molecule has 1 heterocycles. The molecule has 7 nitrogen and oxygen atoms in total. The van der Waals surface area contributed by atoms with E-state index in [0.29, 0.717) is 11.3 Å². The Morgan fingerprint density at radius 3 is 2.50 bits per heavy atom. The van der Waals surface area contributed by atoms with Crippen LogP contribution in [0.2, 0.25) is 0 Å². The van der Waals surface area contributed by atoms with Gasteiger partial charge in [0.25, 0.3) is 0 Å². The molecule has 26 heavy (non-hydrogen) atoms. The van der Waals surface area contributed by atoms with Gasteiger partial charge in [0.2, 0.25) is 0 Å². The second-order valence-corrected chi connectivity index (χ2v) is 7.42. The van der Waals surface area contributed by atoms with Gasteiger partial charge >= 0.3 is 5.97 Å². The minimum absolute atomic E-state index is 0.0344. The highest BCUT2D eigenvalue weighted by Crippen LogP contribution is 2.35. The first-order valence-corrected chi connectivity index (χ1v) is 9.19. The highest BCUT2D eigenvalue weighted by Gasteiger charge is 2.25. The van der Waals surface area contributed by atoms with Crippen molar-refractivity contribution in [2.45, 2.75) is 10.6 Å². The third-order valence-corrected chi connectivity index (χ3v) is 5.50. The van der Waals surface area contributed by atoms with Gasteiger partial charge in [-0.25, -0.2) is 18.2 Å². The number of ether oxygens (including phenoxy) is 1. The number of rotatable bonds is 6. The van der Waals surface area contributed by atoms with Gasteiger partial charge in [-0.2, -0.15) is 0 Å². The number of sulfone groups is 1. The quantitative estimate of drug-likeness (QED) is 0.708. The molecule has 0 aliphatic carbocycles. The van der Waals surface area contributed by atoms with Crippen LogP contribution in [0.3, 0.4) is 0 Å². The molecule has 3 rings (SSSR count). The average Bonchev–Trinajstić information content (AvgIpc) is 3.15. The number of carboxylic acid groups (broad SMARTS) is 1. The summed E-state index contributed by atoms with van der Waals surface area (Å²) in [5.74, 6) is -1.72. The lowest BCUT2D eigenvalue weighted by atomic mass is 10.0. The van der Waals surface area contributed by atoms with E-state index in [0.717, 1.165) is 0 Å². The van der Waals surface area contributed by atoms with Crippen LogP contribution in [0.25, 0.3) is 11.3 Å². The molecule has 0 saturated carbocycles. The molecule has 2 aromatic carbocycles. The van der Waals surface area contributed by atoms with Gasteiger partial charge in [-0.1, -0.05) is 24.3 Å². The molecule has 8 heteroatoms. The summed E-state index contributed by atoms with van der Waals surface area (Å²) in [4.78, 5) is 15.9. The van der Waals surface area contributed by atoms with Crippen LogP contribution in [0.1, 0.15) is 15.9 Å². The molecular formula is C18H15NO6S. The van der Waals surface area contributed by atoms with Gasteiger partial charge < -0.3 is 14.3 Å². The Hall–Kier alpha value is -3.13. The molecule has 0 saturated heterocycles. The molecule has 0 bridgehead atoms. The zero-order valence-electron chi connectivity index (χ0n) is 13.7. The summed E-state index contributed by atoms with van der Waals surface area (Å²) in [5, 5.41) is 9.65. The second kappa shape index (κ2) is 7.01. The number of carbonyl (C=O) groups is 1. The molecule has 0 atom stereocenters. The minimum Gasteiger partial charge on any atom is -0.495 e. The predicted octanol–water partition coefficient (Wildman–Crippen LogP) is 3.02. The Labute approximate surface area is 149 Å². The molecule has 134 valence electrons. The topological polar surface area (TPSA) is 107 Å². The van der Waals surface area contributed by atoms with Crippen LogP contribution in [-0.2, 0) is 15.6 Å². The molecule has 1 N–H and O–H groups in total. The van der Waals surface area contributed by atoms with Crippen molar-refractivity contribution in [1.82, 2.24) is 4.98 Å². The largest absolute Gasteiger partial charge is 0.495 e. The molecule has 0 unspecified atom stereocenters. The maximum atomic E-state index is 12.6. The lowest BCUT2D eigenvalue weighted by Gasteiger charge is -2.14. The van der Waals surface area contributed by atoms with E-state index in [1.165, 1.54) is 38.0 Å². The van der Waals surface area contributed by atoms with Crippen molar-refractivity contribution in [1.29, 1.82) is 0 Å². The molecule has 0 radical (unpaired) electrons. The van der Waals surface area contributed by atoms with E-state index in [1.54, 1.807) is 24.3 Å². The number of aromatic nitrogens is 1. The molecule has 0 aliphatic rings. The Kier molecular flexibility index (Phi) is 4.77. The SMILES string of the molecule is COc1c(-c2cocn2)ccc(CS(=O)(=O)c2ccccc2)c1C(=O)O. The second-order valence-electron chi connectivity index (χ2n) is 5.43. The standard InChI is InChI=1S/C18H15NO6S/c1-24-17-14(15-9-25-11-19-15)8-7-12(16(17)18(20)21)10-26(22,23)13-5-3-2-4-6-13/h2-9,11H,10H2,1H3,(H,20,21). The van der Waals surface area contributed by atoms with Crippen molar-refractivity contribution < 1.29 is 27.5 Å². The van der Waals surface area contributed by atoms with Gasteiger partial charge in [0, 0.05) is 5.56 Å². The first kappa shape index (κ1) is 17.7. The van der Waals surface area contributed by atoms with Crippen molar-refractivity contribution in [2.75, 3.05) is 7.11 Å². The van der Waals surface area contributed by atoms with E-state index in [2.05, 4.69) is 4.98 Å².